The van der Waals surface area contributed by atoms with Crippen LogP contribution in [0.5, 0.6) is 0 Å². The van der Waals surface area contributed by atoms with Gasteiger partial charge in [0.15, 0.2) is 0 Å². The summed E-state index contributed by atoms with van der Waals surface area (Å²) in [5, 5.41) is 15.0. The van der Waals surface area contributed by atoms with Gasteiger partial charge in [-0.05, 0) is 18.2 Å². The summed E-state index contributed by atoms with van der Waals surface area (Å²) >= 11 is 18.4. The molecule has 4 nitrogen and oxygen atoms in total. The molecule has 3 aromatic rings. The summed E-state index contributed by atoms with van der Waals surface area (Å²) in [6.07, 6.45) is 3.27. The molecule has 0 amide bonds. The first-order valence-corrected chi connectivity index (χ1v) is 6.63. The smallest absolute Gasteiger partial charge is 0.140 e. The van der Waals surface area contributed by atoms with Crippen LogP contribution < -0.4 is 0 Å². The van der Waals surface area contributed by atoms with Gasteiger partial charge in [0, 0.05) is 12.4 Å². The van der Waals surface area contributed by atoms with Crippen molar-refractivity contribution >= 4 is 45.7 Å². The van der Waals surface area contributed by atoms with Crippen molar-refractivity contribution in [3.63, 3.8) is 0 Å². The third kappa shape index (κ3) is 2.10. The second-order valence-corrected chi connectivity index (χ2v) is 5.18. The molecule has 3 rings (SSSR count). The van der Waals surface area contributed by atoms with Gasteiger partial charge < -0.3 is 0 Å². The highest BCUT2D eigenvalue weighted by Crippen LogP contribution is 2.31. The number of nitriles is 1. The van der Waals surface area contributed by atoms with E-state index in [1.165, 1.54) is 16.8 Å². The minimum absolute atomic E-state index is 0.339. The number of hydrogen-bond donors (Lipinski definition) is 0. The lowest BCUT2D eigenvalue weighted by atomic mass is 10.2. The molecule has 0 saturated heterocycles. The van der Waals surface area contributed by atoms with Gasteiger partial charge in [-0.2, -0.15) is 10.4 Å². The van der Waals surface area contributed by atoms with Crippen LogP contribution in [0.4, 0.5) is 0 Å². The van der Waals surface area contributed by atoms with Crippen LogP contribution in [-0.2, 0) is 0 Å². The van der Waals surface area contributed by atoms with E-state index in [1.54, 1.807) is 18.5 Å². The molecule has 0 aliphatic heterocycles. The van der Waals surface area contributed by atoms with E-state index in [9.17, 15) is 0 Å². The van der Waals surface area contributed by atoms with Gasteiger partial charge in [0.1, 0.15) is 10.8 Å². The van der Waals surface area contributed by atoms with Gasteiger partial charge in [-0.3, -0.25) is 0 Å². The average Bonchev–Trinajstić information content (AvgIpc) is 2.82. The first kappa shape index (κ1) is 13.2. The highest BCUT2D eigenvalue weighted by Gasteiger charge is 2.13. The van der Waals surface area contributed by atoms with Crippen LogP contribution in [0.15, 0.2) is 30.6 Å². The summed E-state index contributed by atoms with van der Waals surface area (Å²) in [7, 11) is 0. The standard InChI is InChI=1S/C13H5Cl3N4/c14-9-3-7(5-17)4-10(15)12(9)20-6-8-11(19-20)1-2-18-13(8)16/h1-4,6H. The summed E-state index contributed by atoms with van der Waals surface area (Å²) in [4.78, 5) is 3.99. The van der Waals surface area contributed by atoms with Crippen molar-refractivity contribution in [2.75, 3.05) is 0 Å². The molecule has 1 aromatic carbocycles. The number of pyridine rings is 1. The predicted molar refractivity (Wildman–Crippen MR) is 78.6 cm³/mol. The van der Waals surface area contributed by atoms with Crippen molar-refractivity contribution in [1.29, 1.82) is 5.26 Å². The van der Waals surface area contributed by atoms with Crippen LogP contribution in [0, 0.1) is 11.3 Å². The number of hydrogen-bond acceptors (Lipinski definition) is 3. The molecule has 0 radical (unpaired) electrons. The number of fused-ring (bicyclic) bond motifs is 1. The van der Waals surface area contributed by atoms with E-state index in [0.29, 0.717) is 37.4 Å². The Morgan fingerprint density at radius 2 is 1.85 bits per heavy atom. The van der Waals surface area contributed by atoms with Crippen LogP contribution in [0.25, 0.3) is 16.6 Å². The van der Waals surface area contributed by atoms with Crippen molar-refractivity contribution in [1.82, 2.24) is 14.8 Å². The van der Waals surface area contributed by atoms with Crippen LogP contribution in [0.3, 0.4) is 0 Å². The zero-order chi connectivity index (χ0) is 14.3. The number of aromatic nitrogens is 3. The van der Waals surface area contributed by atoms with E-state index in [1.807, 2.05) is 6.07 Å². The minimum atomic E-state index is 0.339. The van der Waals surface area contributed by atoms with Crippen LogP contribution in [0.1, 0.15) is 5.56 Å². The van der Waals surface area contributed by atoms with E-state index >= 15 is 0 Å². The Bertz CT molecular complexity index is 841. The molecule has 2 heterocycles. The minimum Gasteiger partial charge on any atom is -0.244 e. The first-order valence-electron chi connectivity index (χ1n) is 5.49. The molecular formula is C13H5Cl3N4. The molecule has 0 unspecified atom stereocenters. The fourth-order valence-corrected chi connectivity index (χ4v) is 2.74. The molecule has 0 atom stereocenters. The van der Waals surface area contributed by atoms with Crippen molar-refractivity contribution in [3.05, 3.63) is 51.4 Å². The fourth-order valence-electron chi connectivity index (χ4n) is 1.88. The number of benzene rings is 1. The summed E-state index contributed by atoms with van der Waals surface area (Å²) in [6, 6.07) is 6.81. The first-order chi connectivity index (χ1) is 9.60. The Hall–Kier alpha value is -1.80. The third-order valence-corrected chi connectivity index (χ3v) is 3.64. The zero-order valence-corrected chi connectivity index (χ0v) is 12.1. The van der Waals surface area contributed by atoms with Crippen molar-refractivity contribution in [2.24, 2.45) is 0 Å². The van der Waals surface area contributed by atoms with Crippen LogP contribution in [0.2, 0.25) is 15.2 Å². The molecule has 98 valence electrons. The molecule has 20 heavy (non-hydrogen) atoms. The van der Waals surface area contributed by atoms with Gasteiger partial charge >= 0.3 is 0 Å². The van der Waals surface area contributed by atoms with E-state index in [4.69, 9.17) is 40.1 Å². The van der Waals surface area contributed by atoms with E-state index in [-0.39, 0.29) is 0 Å². The molecule has 0 saturated carbocycles. The number of halogens is 3. The summed E-state index contributed by atoms with van der Waals surface area (Å²) in [5.41, 5.74) is 1.57. The normalized spacial score (nSPS) is 10.7. The van der Waals surface area contributed by atoms with Crippen molar-refractivity contribution in [3.8, 4) is 11.8 Å². The molecule has 0 N–H and O–H groups in total. The van der Waals surface area contributed by atoms with Crippen molar-refractivity contribution in [2.45, 2.75) is 0 Å². The highest BCUT2D eigenvalue weighted by molar-refractivity contribution is 6.38. The lowest BCUT2D eigenvalue weighted by Crippen LogP contribution is -1.97. The van der Waals surface area contributed by atoms with Crippen LogP contribution in [-0.4, -0.2) is 14.8 Å². The fraction of sp³-hybridized carbons (Fsp3) is 0. The van der Waals surface area contributed by atoms with E-state index in [2.05, 4.69) is 10.1 Å². The summed E-state index contributed by atoms with van der Waals surface area (Å²) < 4.78 is 1.53. The molecule has 0 fully saturated rings. The van der Waals surface area contributed by atoms with E-state index in [0.717, 1.165) is 0 Å². The third-order valence-electron chi connectivity index (χ3n) is 2.76. The van der Waals surface area contributed by atoms with Gasteiger partial charge in [0.05, 0.1) is 32.6 Å². The number of rotatable bonds is 1. The Kier molecular flexibility index (Phi) is 3.27. The van der Waals surface area contributed by atoms with Gasteiger partial charge in [0.25, 0.3) is 0 Å². The lowest BCUT2D eigenvalue weighted by Gasteiger charge is -2.07. The SMILES string of the molecule is N#Cc1cc(Cl)c(-n2cc3c(Cl)nccc3n2)c(Cl)c1. The van der Waals surface area contributed by atoms with Crippen LogP contribution >= 0.6 is 34.8 Å². The molecular weight excluding hydrogens is 319 g/mol. The molecule has 2 aromatic heterocycles. The monoisotopic (exact) mass is 322 g/mol. The molecule has 7 heteroatoms. The molecule has 0 aliphatic carbocycles. The molecule has 0 aliphatic rings. The second-order valence-electron chi connectivity index (χ2n) is 4.01. The van der Waals surface area contributed by atoms with Gasteiger partial charge in [-0.1, -0.05) is 34.8 Å². The maximum Gasteiger partial charge on any atom is 0.140 e. The van der Waals surface area contributed by atoms with Crippen molar-refractivity contribution < 1.29 is 0 Å². The number of nitrogens with zero attached hydrogens (tertiary/aromatic N) is 4. The topological polar surface area (TPSA) is 54.5 Å². The Balaban J connectivity index is 2.26. The molecule has 0 bridgehead atoms. The summed E-state index contributed by atoms with van der Waals surface area (Å²) in [6.45, 7) is 0. The van der Waals surface area contributed by atoms with Gasteiger partial charge in [0.2, 0.25) is 0 Å². The zero-order valence-electron chi connectivity index (χ0n) is 9.81. The largest absolute Gasteiger partial charge is 0.244 e. The maximum atomic E-state index is 8.88. The average molecular weight is 324 g/mol. The highest BCUT2D eigenvalue weighted by atomic mass is 35.5. The lowest BCUT2D eigenvalue weighted by molar-refractivity contribution is 0.896. The second kappa shape index (κ2) is 4.95. The van der Waals surface area contributed by atoms with Gasteiger partial charge in [-0.15, -0.1) is 0 Å². The Morgan fingerprint density at radius 3 is 2.45 bits per heavy atom. The summed E-state index contributed by atoms with van der Waals surface area (Å²) in [5.74, 6) is 0. The van der Waals surface area contributed by atoms with Gasteiger partial charge in [-0.25, -0.2) is 9.67 Å². The molecule has 0 spiro atoms. The quantitative estimate of drug-likeness (QED) is 0.629. The maximum absolute atomic E-state index is 8.88. The Labute approximate surface area is 129 Å². The van der Waals surface area contributed by atoms with E-state index < -0.39 is 0 Å². The predicted octanol–water partition coefficient (Wildman–Crippen LogP) is 4.25. The Morgan fingerprint density at radius 1 is 1.15 bits per heavy atom.